The van der Waals surface area contributed by atoms with Gasteiger partial charge in [0.15, 0.2) is 5.17 Å². The number of hydrogen-bond acceptors (Lipinski definition) is 5. The number of amides is 2. The van der Waals surface area contributed by atoms with E-state index < -0.39 is 5.25 Å². The van der Waals surface area contributed by atoms with Gasteiger partial charge >= 0.3 is 0 Å². The maximum absolute atomic E-state index is 13.1. The smallest absolute Gasteiger partial charge is 0.242 e. The summed E-state index contributed by atoms with van der Waals surface area (Å²) in [7, 11) is 0. The van der Waals surface area contributed by atoms with Crippen LogP contribution in [0.3, 0.4) is 0 Å². The molecule has 2 aromatic rings. The van der Waals surface area contributed by atoms with Gasteiger partial charge in [-0.25, -0.2) is 9.38 Å². The van der Waals surface area contributed by atoms with Gasteiger partial charge in [-0.1, -0.05) is 18.7 Å². The number of nitrogens with zero attached hydrogens (tertiary/aromatic N) is 2. The van der Waals surface area contributed by atoms with Crippen molar-refractivity contribution < 1.29 is 18.7 Å². The van der Waals surface area contributed by atoms with E-state index in [2.05, 4.69) is 10.3 Å². The van der Waals surface area contributed by atoms with Crippen LogP contribution in [0.25, 0.3) is 0 Å². The van der Waals surface area contributed by atoms with Crippen molar-refractivity contribution in [2.24, 2.45) is 4.99 Å². The molecule has 30 heavy (non-hydrogen) atoms. The summed E-state index contributed by atoms with van der Waals surface area (Å²) >= 11 is 1.25. The van der Waals surface area contributed by atoms with E-state index in [9.17, 15) is 14.0 Å². The van der Waals surface area contributed by atoms with Crippen molar-refractivity contribution >= 4 is 40.1 Å². The van der Waals surface area contributed by atoms with Gasteiger partial charge in [-0.2, -0.15) is 0 Å². The standard InChI is InChI=1S/C22H24FN3O3S/c1-3-13-29-18-11-9-16(10-12-18)24-20(27)14-19-21(28)26(4-2)22(30-19)25-17-7-5-15(23)6-8-17/h5-12,19H,3-4,13-14H2,1-2H3,(H,24,27)/t19-/m1/s1. The molecule has 2 aromatic carbocycles. The predicted octanol–water partition coefficient (Wildman–Crippen LogP) is 4.59. The number of hydrogen-bond donors (Lipinski definition) is 1. The summed E-state index contributed by atoms with van der Waals surface area (Å²) in [6.07, 6.45) is 0.962. The van der Waals surface area contributed by atoms with Crippen LogP contribution in [0.15, 0.2) is 53.5 Å². The first kappa shape index (κ1) is 21.8. The highest BCUT2D eigenvalue weighted by molar-refractivity contribution is 8.15. The summed E-state index contributed by atoms with van der Waals surface area (Å²) in [6.45, 7) is 4.97. The molecule has 2 amide bonds. The van der Waals surface area contributed by atoms with Crippen LogP contribution in [-0.4, -0.2) is 40.3 Å². The van der Waals surface area contributed by atoms with Gasteiger partial charge in [-0.05, 0) is 61.9 Å². The maximum atomic E-state index is 13.1. The van der Waals surface area contributed by atoms with Gasteiger partial charge in [0.1, 0.15) is 16.8 Å². The first-order valence-electron chi connectivity index (χ1n) is 9.85. The van der Waals surface area contributed by atoms with Gasteiger partial charge in [0, 0.05) is 18.7 Å². The number of amidine groups is 1. The van der Waals surface area contributed by atoms with Crippen LogP contribution in [-0.2, 0) is 9.59 Å². The molecule has 0 spiro atoms. The van der Waals surface area contributed by atoms with E-state index in [-0.39, 0.29) is 24.1 Å². The number of carbonyl (C=O) groups excluding carboxylic acids is 2. The lowest BCUT2D eigenvalue weighted by Gasteiger charge is -2.13. The molecule has 1 heterocycles. The molecule has 0 saturated carbocycles. The third-order valence-electron chi connectivity index (χ3n) is 4.37. The summed E-state index contributed by atoms with van der Waals surface area (Å²) in [5.41, 5.74) is 1.20. The molecule has 1 atom stereocenters. The highest BCUT2D eigenvalue weighted by Crippen LogP contribution is 2.31. The van der Waals surface area contributed by atoms with Crippen LogP contribution in [0, 0.1) is 5.82 Å². The lowest BCUT2D eigenvalue weighted by Crippen LogP contribution is -2.33. The number of benzene rings is 2. The topological polar surface area (TPSA) is 71.0 Å². The van der Waals surface area contributed by atoms with E-state index >= 15 is 0 Å². The first-order valence-corrected chi connectivity index (χ1v) is 10.7. The molecule has 3 rings (SSSR count). The Morgan fingerprint density at radius 2 is 1.87 bits per heavy atom. The molecule has 0 bridgehead atoms. The second kappa shape index (κ2) is 10.2. The average Bonchev–Trinajstić information content (AvgIpc) is 3.03. The summed E-state index contributed by atoms with van der Waals surface area (Å²) < 4.78 is 18.6. The minimum absolute atomic E-state index is 0.0382. The van der Waals surface area contributed by atoms with Crippen LogP contribution in [0.1, 0.15) is 26.7 Å². The molecule has 1 aliphatic heterocycles. The van der Waals surface area contributed by atoms with Crippen molar-refractivity contribution in [1.29, 1.82) is 0 Å². The number of aliphatic imine (C=N–C) groups is 1. The maximum Gasteiger partial charge on any atom is 0.242 e. The molecular weight excluding hydrogens is 405 g/mol. The summed E-state index contributed by atoms with van der Waals surface area (Å²) in [6, 6.07) is 12.9. The molecule has 1 saturated heterocycles. The van der Waals surface area contributed by atoms with Crippen LogP contribution in [0.5, 0.6) is 5.75 Å². The molecule has 0 unspecified atom stereocenters. The Hall–Kier alpha value is -2.87. The Kier molecular flexibility index (Phi) is 7.46. The van der Waals surface area contributed by atoms with E-state index in [0.29, 0.717) is 29.7 Å². The summed E-state index contributed by atoms with van der Waals surface area (Å²) in [5, 5.41) is 2.79. The largest absolute Gasteiger partial charge is 0.494 e. The number of anilines is 1. The Balaban J connectivity index is 1.62. The SMILES string of the molecule is CCCOc1ccc(NC(=O)C[C@H]2SC(=Nc3ccc(F)cc3)N(CC)C2=O)cc1. The van der Waals surface area contributed by atoms with Crippen molar-refractivity contribution in [2.75, 3.05) is 18.5 Å². The zero-order valence-electron chi connectivity index (χ0n) is 16.9. The van der Waals surface area contributed by atoms with Crippen LogP contribution >= 0.6 is 11.8 Å². The number of thioether (sulfide) groups is 1. The normalized spacial score (nSPS) is 17.4. The second-order valence-corrected chi connectivity index (χ2v) is 7.85. The summed E-state index contributed by atoms with van der Waals surface area (Å²) in [5.74, 6) is 0.00144. The molecule has 1 N–H and O–H groups in total. The molecule has 8 heteroatoms. The molecule has 1 fully saturated rings. The fraction of sp³-hybridized carbons (Fsp3) is 0.318. The molecule has 0 radical (unpaired) electrons. The minimum atomic E-state index is -0.545. The quantitative estimate of drug-likeness (QED) is 0.666. The first-order chi connectivity index (χ1) is 14.5. The third-order valence-corrected chi connectivity index (χ3v) is 5.54. The molecular formula is C22H24FN3O3S. The Labute approximate surface area is 179 Å². The van der Waals surface area contributed by atoms with E-state index in [1.54, 1.807) is 41.3 Å². The molecule has 0 aromatic heterocycles. The number of halogens is 1. The van der Waals surface area contributed by atoms with Crippen molar-refractivity contribution in [3.63, 3.8) is 0 Å². The highest BCUT2D eigenvalue weighted by Gasteiger charge is 2.38. The van der Waals surface area contributed by atoms with E-state index in [1.807, 2.05) is 13.8 Å². The molecule has 158 valence electrons. The number of nitrogens with one attached hydrogen (secondary N) is 1. The van der Waals surface area contributed by atoms with Crippen molar-refractivity contribution in [1.82, 2.24) is 4.90 Å². The van der Waals surface area contributed by atoms with Gasteiger partial charge in [0.05, 0.1) is 12.3 Å². The summed E-state index contributed by atoms with van der Waals surface area (Å²) in [4.78, 5) is 31.1. The fourth-order valence-corrected chi connectivity index (χ4v) is 4.10. The van der Waals surface area contributed by atoms with Gasteiger partial charge < -0.3 is 10.1 Å². The van der Waals surface area contributed by atoms with Crippen molar-refractivity contribution in [3.8, 4) is 5.75 Å². The lowest BCUT2D eigenvalue weighted by atomic mass is 10.2. The monoisotopic (exact) mass is 429 g/mol. The van der Waals surface area contributed by atoms with Crippen molar-refractivity contribution in [3.05, 3.63) is 54.3 Å². The van der Waals surface area contributed by atoms with Crippen LogP contribution < -0.4 is 10.1 Å². The van der Waals surface area contributed by atoms with E-state index in [0.717, 1.165) is 12.2 Å². The Morgan fingerprint density at radius 3 is 2.50 bits per heavy atom. The molecule has 1 aliphatic rings. The van der Waals surface area contributed by atoms with Crippen LogP contribution in [0.4, 0.5) is 15.8 Å². The van der Waals surface area contributed by atoms with Gasteiger partial charge in [0.2, 0.25) is 11.8 Å². The van der Waals surface area contributed by atoms with E-state index in [4.69, 9.17) is 4.74 Å². The number of rotatable bonds is 8. The average molecular weight is 430 g/mol. The Bertz CT molecular complexity index is 916. The van der Waals surface area contributed by atoms with Gasteiger partial charge in [-0.3, -0.25) is 14.5 Å². The van der Waals surface area contributed by atoms with Gasteiger partial charge in [0.25, 0.3) is 0 Å². The minimum Gasteiger partial charge on any atom is -0.494 e. The third kappa shape index (κ3) is 5.60. The molecule has 0 aliphatic carbocycles. The zero-order valence-corrected chi connectivity index (χ0v) is 17.7. The predicted molar refractivity (Wildman–Crippen MR) is 118 cm³/mol. The lowest BCUT2D eigenvalue weighted by molar-refractivity contribution is -0.128. The van der Waals surface area contributed by atoms with Gasteiger partial charge in [-0.15, -0.1) is 0 Å². The van der Waals surface area contributed by atoms with Crippen LogP contribution in [0.2, 0.25) is 0 Å². The van der Waals surface area contributed by atoms with Crippen molar-refractivity contribution in [2.45, 2.75) is 31.9 Å². The number of ether oxygens (including phenoxy) is 1. The Morgan fingerprint density at radius 1 is 1.17 bits per heavy atom. The molecule has 6 nitrogen and oxygen atoms in total. The highest BCUT2D eigenvalue weighted by atomic mass is 32.2. The zero-order chi connectivity index (χ0) is 21.5. The fourth-order valence-electron chi connectivity index (χ4n) is 2.88. The number of carbonyl (C=O) groups is 2. The van der Waals surface area contributed by atoms with E-state index in [1.165, 1.54) is 23.9 Å². The second-order valence-electron chi connectivity index (χ2n) is 6.68.